The fourth-order valence-electron chi connectivity index (χ4n) is 2.26. The standard InChI is InChI=1S/C15H11Br2F3/c1-7-3-10(18)4-8(2)13(7)15(17)14-11(19)5-9(16)6-12(14)20/h3-6,15H,1-2H3. The molecule has 0 N–H and O–H groups in total. The van der Waals surface area contributed by atoms with Crippen LogP contribution in [0.4, 0.5) is 13.2 Å². The Balaban J connectivity index is 2.61. The highest BCUT2D eigenvalue weighted by Crippen LogP contribution is 2.38. The minimum absolute atomic E-state index is 0.0778. The second-order valence-electron chi connectivity index (χ2n) is 4.60. The number of aryl methyl sites for hydroxylation is 2. The summed E-state index contributed by atoms with van der Waals surface area (Å²) in [5.74, 6) is -1.66. The van der Waals surface area contributed by atoms with Gasteiger partial charge in [-0.25, -0.2) is 13.2 Å². The minimum Gasteiger partial charge on any atom is -0.207 e. The molecule has 0 amide bonds. The van der Waals surface area contributed by atoms with E-state index in [0.29, 0.717) is 21.2 Å². The number of benzene rings is 2. The summed E-state index contributed by atoms with van der Waals surface area (Å²) in [7, 11) is 0. The summed E-state index contributed by atoms with van der Waals surface area (Å²) in [4.78, 5) is -0.670. The summed E-state index contributed by atoms with van der Waals surface area (Å²) in [6, 6.07) is 5.12. The topological polar surface area (TPSA) is 0 Å². The summed E-state index contributed by atoms with van der Waals surface area (Å²) in [6.45, 7) is 3.43. The highest BCUT2D eigenvalue weighted by molar-refractivity contribution is 9.10. The van der Waals surface area contributed by atoms with Crippen molar-refractivity contribution in [2.45, 2.75) is 18.7 Å². The maximum Gasteiger partial charge on any atom is 0.131 e. The van der Waals surface area contributed by atoms with Crippen LogP contribution in [0.25, 0.3) is 0 Å². The van der Waals surface area contributed by atoms with Crippen LogP contribution >= 0.6 is 31.9 Å². The van der Waals surface area contributed by atoms with Crippen LogP contribution in [0.3, 0.4) is 0 Å². The molecule has 106 valence electrons. The van der Waals surface area contributed by atoms with E-state index in [1.807, 2.05) is 0 Å². The molecule has 0 heterocycles. The number of alkyl halides is 1. The van der Waals surface area contributed by atoms with Gasteiger partial charge in [0.25, 0.3) is 0 Å². The van der Waals surface area contributed by atoms with E-state index < -0.39 is 16.5 Å². The van der Waals surface area contributed by atoms with E-state index in [4.69, 9.17) is 0 Å². The van der Waals surface area contributed by atoms with Crippen molar-refractivity contribution in [1.82, 2.24) is 0 Å². The molecule has 0 fully saturated rings. The van der Waals surface area contributed by atoms with E-state index in [-0.39, 0.29) is 11.4 Å². The van der Waals surface area contributed by atoms with Crippen LogP contribution in [-0.4, -0.2) is 0 Å². The van der Waals surface area contributed by atoms with Crippen molar-refractivity contribution in [2.75, 3.05) is 0 Å². The molecule has 0 spiro atoms. The lowest BCUT2D eigenvalue weighted by molar-refractivity contribution is 0.559. The third-order valence-electron chi connectivity index (χ3n) is 3.11. The first-order valence-corrected chi connectivity index (χ1v) is 7.57. The van der Waals surface area contributed by atoms with E-state index in [1.54, 1.807) is 13.8 Å². The van der Waals surface area contributed by atoms with Gasteiger partial charge in [0.05, 0.1) is 4.83 Å². The third kappa shape index (κ3) is 2.93. The lowest BCUT2D eigenvalue weighted by Crippen LogP contribution is -2.05. The molecule has 2 aromatic carbocycles. The molecule has 1 unspecified atom stereocenters. The van der Waals surface area contributed by atoms with E-state index in [2.05, 4.69) is 31.9 Å². The lowest BCUT2D eigenvalue weighted by atomic mass is 9.95. The highest BCUT2D eigenvalue weighted by atomic mass is 79.9. The second kappa shape index (κ2) is 5.90. The number of hydrogen-bond donors (Lipinski definition) is 0. The second-order valence-corrected chi connectivity index (χ2v) is 6.43. The van der Waals surface area contributed by atoms with Gasteiger partial charge in [-0.1, -0.05) is 31.9 Å². The lowest BCUT2D eigenvalue weighted by Gasteiger charge is -2.18. The van der Waals surface area contributed by atoms with Gasteiger partial charge in [0.2, 0.25) is 0 Å². The summed E-state index contributed by atoms with van der Waals surface area (Å²) < 4.78 is 41.7. The Kier molecular flexibility index (Phi) is 4.59. The van der Waals surface area contributed by atoms with Crippen molar-refractivity contribution in [2.24, 2.45) is 0 Å². The van der Waals surface area contributed by atoms with Crippen molar-refractivity contribution in [1.29, 1.82) is 0 Å². The maximum atomic E-state index is 14.0. The molecular weight excluding hydrogens is 397 g/mol. The molecule has 2 aromatic rings. The van der Waals surface area contributed by atoms with Gasteiger partial charge in [0.15, 0.2) is 0 Å². The number of hydrogen-bond acceptors (Lipinski definition) is 0. The molecule has 0 radical (unpaired) electrons. The Morgan fingerprint density at radius 2 is 1.30 bits per heavy atom. The van der Waals surface area contributed by atoms with Crippen molar-refractivity contribution in [3.8, 4) is 0 Å². The average Bonchev–Trinajstić information content (AvgIpc) is 2.25. The molecule has 0 aliphatic carbocycles. The van der Waals surface area contributed by atoms with Crippen LogP contribution in [-0.2, 0) is 0 Å². The molecule has 0 saturated heterocycles. The Bertz CT molecular complexity index is 565. The van der Waals surface area contributed by atoms with Gasteiger partial charge in [-0.3, -0.25) is 0 Å². The first-order valence-electron chi connectivity index (χ1n) is 5.86. The molecule has 0 aliphatic rings. The average molecular weight is 408 g/mol. The number of rotatable bonds is 2. The SMILES string of the molecule is Cc1cc(F)cc(C)c1C(Br)c1c(F)cc(Br)cc1F. The van der Waals surface area contributed by atoms with Gasteiger partial charge in [0, 0.05) is 10.0 Å². The van der Waals surface area contributed by atoms with Gasteiger partial charge in [-0.2, -0.15) is 0 Å². The van der Waals surface area contributed by atoms with Crippen LogP contribution in [0.5, 0.6) is 0 Å². The molecule has 5 heteroatoms. The molecule has 2 rings (SSSR count). The molecule has 1 atom stereocenters. The summed E-state index contributed by atoms with van der Waals surface area (Å²) in [6.07, 6.45) is 0. The quantitative estimate of drug-likeness (QED) is 0.538. The first kappa shape index (κ1) is 15.6. The van der Waals surface area contributed by atoms with E-state index in [9.17, 15) is 13.2 Å². The zero-order valence-corrected chi connectivity index (χ0v) is 13.9. The largest absolute Gasteiger partial charge is 0.207 e. The zero-order chi connectivity index (χ0) is 15.0. The minimum atomic E-state index is -0.670. The van der Waals surface area contributed by atoms with Gasteiger partial charge < -0.3 is 0 Å². The Morgan fingerprint density at radius 3 is 1.75 bits per heavy atom. The van der Waals surface area contributed by atoms with Crippen LogP contribution in [0.15, 0.2) is 28.7 Å². The number of halogens is 5. The predicted octanol–water partition coefficient (Wildman–Crippen LogP) is 5.97. The van der Waals surface area contributed by atoms with Crippen molar-refractivity contribution in [3.63, 3.8) is 0 Å². The maximum absolute atomic E-state index is 14.0. The molecule has 0 saturated carbocycles. The highest BCUT2D eigenvalue weighted by Gasteiger charge is 2.23. The van der Waals surface area contributed by atoms with Gasteiger partial charge >= 0.3 is 0 Å². The summed E-state index contributed by atoms with van der Waals surface area (Å²) in [5.41, 5.74) is 1.88. The zero-order valence-electron chi connectivity index (χ0n) is 10.8. The normalized spacial score (nSPS) is 12.6. The van der Waals surface area contributed by atoms with Crippen molar-refractivity contribution in [3.05, 3.63) is 68.4 Å². The Labute approximate surface area is 132 Å². The van der Waals surface area contributed by atoms with E-state index in [0.717, 1.165) is 0 Å². The van der Waals surface area contributed by atoms with E-state index >= 15 is 0 Å². The Hall–Kier alpha value is -0.810. The fourth-order valence-corrected chi connectivity index (χ4v) is 3.82. The molecule has 0 aromatic heterocycles. The fraction of sp³-hybridized carbons (Fsp3) is 0.200. The van der Waals surface area contributed by atoms with Crippen LogP contribution in [0.2, 0.25) is 0 Å². The van der Waals surface area contributed by atoms with Crippen molar-refractivity contribution < 1.29 is 13.2 Å². The molecule has 0 aliphatic heterocycles. The smallest absolute Gasteiger partial charge is 0.131 e. The van der Waals surface area contributed by atoms with Gasteiger partial charge in [-0.15, -0.1) is 0 Å². The molecular formula is C15H11Br2F3. The van der Waals surface area contributed by atoms with Crippen molar-refractivity contribution >= 4 is 31.9 Å². The van der Waals surface area contributed by atoms with Crippen LogP contribution in [0.1, 0.15) is 27.1 Å². The monoisotopic (exact) mass is 406 g/mol. The van der Waals surface area contributed by atoms with Gasteiger partial charge in [-0.05, 0) is 54.8 Å². The molecule has 0 bridgehead atoms. The Morgan fingerprint density at radius 1 is 0.850 bits per heavy atom. The van der Waals surface area contributed by atoms with Gasteiger partial charge in [0.1, 0.15) is 17.5 Å². The van der Waals surface area contributed by atoms with Crippen LogP contribution < -0.4 is 0 Å². The molecule has 0 nitrogen and oxygen atoms in total. The van der Waals surface area contributed by atoms with E-state index in [1.165, 1.54) is 24.3 Å². The van der Waals surface area contributed by atoms with Crippen LogP contribution in [0, 0.1) is 31.3 Å². The third-order valence-corrected chi connectivity index (χ3v) is 4.48. The first-order chi connectivity index (χ1) is 9.31. The summed E-state index contributed by atoms with van der Waals surface area (Å²) >= 11 is 6.37. The predicted molar refractivity (Wildman–Crippen MR) is 80.7 cm³/mol. The molecule has 20 heavy (non-hydrogen) atoms. The summed E-state index contributed by atoms with van der Waals surface area (Å²) in [5, 5.41) is 0.